The van der Waals surface area contributed by atoms with Gasteiger partial charge in [0.25, 0.3) is 0 Å². The predicted molar refractivity (Wildman–Crippen MR) is 83.4 cm³/mol. The first-order chi connectivity index (χ1) is 9.78. The van der Waals surface area contributed by atoms with Gasteiger partial charge in [-0.2, -0.15) is 0 Å². The van der Waals surface area contributed by atoms with E-state index in [-0.39, 0.29) is 0 Å². The van der Waals surface area contributed by atoms with Crippen LogP contribution in [-0.2, 0) is 0 Å². The molecule has 3 unspecified atom stereocenters. The van der Waals surface area contributed by atoms with Crippen LogP contribution in [-0.4, -0.2) is 41.0 Å². The number of fused-ring (bicyclic) bond motifs is 2. The van der Waals surface area contributed by atoms with E-state index in [0.29, 0.717) is 6.04 Å². The van der Waals surface area contributed by atoms with Gasteiger partial charge in [-0.3, -0.25) is 0 Å². The zero-order chi connectivity index (χ0) is 13.5. The number of rotatable bonds is 3. The first-order valence-corrected chi connectivity index (χ1v) is 9.02. The van der Waals surface area contributed by atoms with Crippen LogP contribution in [0.5, 0.6) is 0 Å². The van der Waals surface area contributed by atoms with Gasteiger partial charge in [-0.15, -0.1) is 0 Å². The zero-order valence-corrected chi connectivity index (χ0v) is 13.7. The van der Waals surface area contributed by atoms with Gasteiger partial charge in [-0.25, -0.2) is 0 Å². The number of nitrogens with one attached hydrogen (secondary N) is 1. The Bertz CT molecular complexity index is 492. The molecule has 4 heteroatoms. The van der Waals surface area contributed by atoms with Crippen molar-refractivity contribution in [1.82, 2.24) is 4.98 Å². The molecule has 1 aromatic heterocycles. The van der Waals surface area contributed by atoms with Crippen molar-refractivity contribution in [2.75, 3.05) is 23.3 Å². The van der Waals surface area contributed by atoms with Crippen molar-refractivity contribution in [2.45, 2.75) is 42.9 Å². The van der Waals surface area contributed by atoms with Gasteiger partial charge in [0.15, 0.2) is 0 Å². The van der Waals surface area contributed by atoms with Gasteiger partial charge in [-0.05, 0) is 0 Å². The van der Waals surface area contributed by atoms with Crippen LogP contribution in [0.15, 0.2) is 18.3 Å². The van der Waals surface area contributed by atoms with E-state index >= 15 is 0 Å². The van der Waals surface area contributed by atoms with Crippen molar-refractivity contribution in [3.63, 3.8) is 0 Å². The molecule has 2 bridgehead atoms. The molecule has 0 spiro atoms. The van der Waals surface area contributed by atoms with Crippen molar-refractivity contribution >= 4 is 28.4 Å². The number of pyridine rings is 1. The molecule has 0 aromatic carbocycles. The maximum atomic E-state index is 4.54. The molecule has 3 aliphatic rings. The standard InChI is InChI=1S/C16H22AsN3/c17-13-4-6-20(10-13)14-3-5-18-16(9-14)19-15-8-11-1-2-12(15)7-11/h3,5,9,11-13,15H,1-2,4,6-8,10H2,(H,18,19)/t11?,12?,13-,15?/m1/s1. The second kappa shape index (κ2) is 5.25. The van der Waals surface area contributed by atoms with Gasteiger partial charge in [0.2, 0.25) is 0 Å². The van der Waals surface area contributed by atoms with Gasteiger partial charge in [0, 0.05) is 0 Å². The second-order valence-electron chi connectivity index (χ2n) is 6.71. The molecule has 3 fully saturated rings. The molecule has 20 heavy (non-hydrogen) atoms. The van der Waals surface area contributed by atoms with E-state index in [2.05, 4.69) is 44.2 Å². The van der Waals surface area contributed by atoms with Crippen molar-refractivity contribution in [2.24, 2.45) is 11.8 Å². The van der Waals surface area contributed by atoms with Crippen molar-refractivity contribution in [3.05, 3.63) is 18.3 Å². The van der Waals surface area contributed by atoms with E-state index in [1.54, 1.807) is 0 Å². The van der Waals surface area contributed by atoms with Crippen molar-refractivity contribution in [1.29, 1.82) is 0 Å². The molecule has 2 saturated carbocycles. The van der Waals surface area contributed by atoms with Gasteiger partial charge < -0.3 is 0 Å². The molecular weight excluding hydrogens is 309 g/mol. The van der Waals surface area contributed by atoms with E-state index in [4.69, 9.17) is 0 Å². The molecule has 1 aromatic rings. The maximum absolute atomic E-state index is 4.54. The van der Waals surface area contributed by atoms with Crippen LogP contribution < -0.4 is 10.2 Å². The summed E-state index contributed by atoms with van der Waals surface area (Å²) in [7, 11) is 0. The molecule has 1 N–H and O–H groups in total. The van der Waals surface area contributed by atoms with E-state index in [0.717, 1.165) is 28.9 Å². The Morgan fingerprint density at radius 3 is 2.90 bits per heavy atom. The number of hydrogen-bond donors (Lipinski definition) is 1. The Labute approximate surface area is 130 Å². The van der Waals surface area contributed by atoms with Gasteiger partial charge >= 0.3 is 130 Å². The van der Waals surface area contributed by atoms with Crippen LogP contribution >= 0.6 is 0 Å². The van der Waals surface area contributed by atoms with Gasteiger partial charge in [-0.1, -0.05) is 0 Å². The van der Waals surface area contributed by atoms with E-state index < -0.39 is 0 Å². The van der Waals surface area contributed by atoms with E-state index in [1.165, 1.54) is 44.3 Å². The number of aromatic nitrogens is 1. The van der Waals surface area contributed by atoms with Crippen LogP contribution in [0.2, 0.25) is 4.71 Å². The summed E-state index contributed by atoms with van der Waals surface area (Å²) in [5, 5.41) is 3.71. The summed E-state index contributed by atoms with van der Waals surface area (Å²) in [5.74, 6) is 2.96. The SMILES string of the molecule is [As][C@@H]1CCN(c2ccnc(NC3CC4CCC3C4)c2)C1. The Balaban J connectivity index is 1.46. The van der Waals surface area contributed by atoms with Crippen LogP contribution in [0, 0.1) is 11.8 Å². The molecule has 2 heterocycles. The zero-order valence-electron chi connectivity index (χ0n) is 11.8. The van der Waals surface area contributed by atoms with Crippen LogP contribution in [0.25, 0.3) is 0 Å². The minimum atomic E-state index is 0.672. The summed E-state index contributed by atoms with van der Waals surface area (Å²) >= 11 is 2.80. The molecule has 4 atom stereocenters. The summed E-state index contributed by atoms with van der Waals surface area (Å²) in [4.78, 5) is 7.02. The third-order valence-electron chi connectivity index (χ3n) is 5.34. The fourth-order valence-corrected chi connectivity index (χ4v) is 4.94. The monoisotopic (exact) mass is 331 g/mol. The summed E-state index contributed by atoms with van der Waals surface area (Å²) in [5.41, 5.74) is 1.33. The quantitative estimate of drug-likeness (QED) is 0.864. The molecule has 4 rings (SSSR count). The Morgan fingerprint density at radius 2 is 2.20 bits per heavy atom. The van der Waals surface area contributed by atoms with E-state index in [9.17, 15) is 0 Å². The average Bonchev–Trinajstić information content (AvgIpc) is 3.15. The number of hydrogen-bond acceptors (Lipinski definition) is 3. The molecule has 1 saturated heterocycles. The Hall–Kier alpha value is -0.692. The predicted octanol–water partition coefficient (Wildman–Crippen LogP) is 2.85. The Kier molecular flexibility index (Phi) is 3.42. The molecule has 2 radical (unpaired) electrons. The molecule has 1 aliphatic heterocycles. The summed E-state index contributed by atoms with van der Waals surface area (Å²) in [6.45, 7) is 2.34. The van der Waals surface area contributed by atoms with Crippen LogP contribution in [0.4, 0.5) is 11.5 Å². The Morgan fingerprint density at radius 1 is 1.25 bits per heavy atom. The molecule has 106 valence electrons. The summed E-state index contributed by atoms with van der Waals surface area (Å²) < 4.78 is 0.762. The van der Waals surface area contributed by atoms with Crippen molar-refractivity contribution < 1.29 is 0 Å². The van der Waals surface area contributed by atoms with Crippen LogP contribution in [0.3, 0.4) is 0 Å². The van der Waals surface area contributed by atoms with Crippen LogP contribution in [0.1, 0.15) is 32.1 Å². The molecule has 3 nitrogen and oxygen atoms in total. The topological polar surface area (TPSA) is 28.2 Å². The molecule has 0 amide bonds. The molecule has 2 aliphatic carbocycles. The first kappa shape index (κ1) is 13.0. The minimum absolute atomic E-state index is 0.672. The van der Waals surface area contributed by atoms with Crippen molar-refractivity contribution in [3.8, 4) is 0 Å². The molecular formula is C16H22AsN3. The van der Waals surface area contributed by atoms with Gasteiger partial charge in [0.05, 0.1) is 0 Å². The third kappa shape index (κ3) is 2.45. The summed E-state index contributed by atoms with van der Waals surface area (Å²) in [6, 6.07) is 5.07. The fraction of sp³-hybridized carbons (Fsp3) is 0.688. The van der Waals surface area contributed by atoms with E-state index in [1.807, 2.05) is 6.20 Å². The number of nitrogens with zero attached hydrogens (tertiary/aromatic N) is 2. The normalized spacial score (nSPS) is 35.8. The number of anilines is 2. The fourth-order valence-electron chi connectivity index (χ4n) is 4.28. The summed E-state index contributed by atoms with van der Waals surface area (Å²) in [6.07, 6.45) is 8.93. The first-order valence-electron chi connectivity index (χ1n) is 7.93. The second-order valence-corrected chi connectivity index (χ2v) is 8.25. The third-order valence-corrected chi connectivity index (χ3v) is 6.23. The van der Waals surface area contributed by atoms with Gasteiger partial charge in [0.1, 0.15) is 0 Å². The average molecular weight is 331 g/mol.